The standard InChI is InChI=1S/C11H16N4O3S/c1-18-6-5-15(4-2-3-12)11-14-8(7-19-11)9(13)10(16)17/h7,9H,2,4-6,13H2,1H3,(H,16,17). The Balaban J connectivity index is 2.78. The maximum atomic E-state index is 10.8. The summed E-state index contributed by atoms with van der Waals surface area (Å²) < 4.78 is 5.00. The Morgan fingerprint density at radius 1 is 1.74 bits per heavy atom. The molecule has 0 aliphatic heterocycles. The number of aliphatic carboxylic acids is 1. The van der Waals surface area contributed by atoms with Crippen LogP contribution in [0.25, 0.3) is 0 Å². The summed E-state index contributed by atoms with van der Waals surface area (Å²) in [6.45, 7) is 1.62. The van der Waals surface area contributed by atoms with E-state index in [-0.39, 0.29) is 0 Å². The van der Waals surface area contributed by atoms with Crippen molar-refractivity contribution < 1.29 is 14.6 Å². The average Bonchev–Trinajstić information content (AvgIpc) is 2.87. The molecular weight excluding hydrogens is 268 g/mol. The predicted molar refractivity (Wildman–Crippen MR) is 71.0 cm³/mol. The molecule has 1 rings (SSSR count). The van der Waals surface area contributed by atoms with Crippen LogP contribution in [0, 0.1) is 11.3 Å². The van der Waals surface area contributed by atoms with Gasteiger partial charge >= 0.3 is 5.97 Å². The van der Waals surface area contributed by atoms with Crippen molar-refractivity contribution in [3.8, 4) is 6.07 Å². The molecule has 0 bridgehead atoms. The van der Waals surface area contributed by atoms with E-state index in [1.807, 2.05) is 4.90 Å². The zero-order valence-electron chi connectivity index (χ0n) is 10.6. The molecule has 8 heteroatoms. The Bertz CT molecular complexity index is 457. The second-order valence-electron chi connectivity index (χ2n) is 3.76. The first-order chi connectivity index (χ1) is 9.10. The van der Waals surface area contributed by atoms with E-state index in [1.165, 1.54) is 11.3 Å². The van der Waals surface area contributed by atoms with Gasteiger partial charge in [-0.25, -0.2) is 4.98 Å². The first-order valence-electron chi connectivity index (χ1n) is 5.64. The number of hydrogen-bond acceptors (Lipinski definition) is 7. The minimum Gasteiger partial charge on any atom is -0.480 e. The van der Waals surface area contributed by atoms with Gasteiger partial charge in [0.15, 0.2) is 5.13 Å². The third kappa shape index (κ3) is 4.48. The van der Waals surface area contributed by atoms with Crippen molar-refractivity contribution >= 4 is 22.4 Å². The SMILES string of the molecule is COCCN(CCC#N)c1nc(C(N)C(=O)O)cs1. The Hall–Kier alpha value is -1.69. The number of nitriles is 1. The number of rotatable bonds is 8. The van der Waals surface area contributed by atoms with Gasteiger partial charge in [0.25, 0.3) is 0 Å². The zero-order chi connectivity index (χ0) is 14.3. The van der Waals surface area contributed by atoms with E-state index in [2.05, 4.69) is 11.1 Å². The number of carbonyl (C=O) groups is 1. The molecule has 1 heterocycles. The number of carboxylic acids is 1. The first-order valence-corrected chi connectivity index (χ1v) is 6.52. The van der Waals surface area contributed by atoms with Gasteiger partial charge in [-0.15, -0.1) is 11.3 Å². The number of aromatic nitrogens is 1. The molecule has 0 aliphatic rings. The average molecular weight is 284 g/mol. The van der Waals surface area contributed by atoms with Crippen LogP contribution in [0.5, 0.6) is 0 Å². The number of carboxylic acid groups (broad SMARTS) is 1. The third-order valence-electron chi connectivity index (χ3n) is 2.42. The van der Waals surface area contributed by atoms with Crippen LogP contribution in [0.2, 0.25) is 0 Å². The maximum Gasteiger partial charge on any atom is 0.326 e. The maximum absolute atomic E-state index is 10.8. The van der Waals surface area contributed by atoms with Gasteiger partial charge in [0, 0.05) is 25.6 Å². The van der Waals surface area contributed by atoms with Gasteiger partial charge in [-0.05, 0) is 0 Å². The Labute approximate surface area is 115 Å². The van der Waals surface area contributed by atoms with Crippen molar-refractivity contribution in [3.63, 3.8) is 0 Å². The fraction of sp³-hybridized carbons (Fsp3) is 0.545. The summed E-state index contributed by atoms with van der Waals surface area (Å²) in [7, 11) is 1.59. The minimum absolute atomic E-state index is 0.326. The lowest BCUT2D eigenvalue weighted by Crippen LogP contribution is -2.28. The highest BCUT2D eigenvalue weighted by Gasteiger charge is 2.19. The predicted octanol–water partition coefficient (Wildman–Crippen LogP) is 0.594. The molecule has 19 heavy (non-hydrogen) atoms. The summed E-state index contributed by atoms with van der Waals surface area (Å²) >= 11 is 1.31. The molecule has 0 saturated carbocycles. The van der Waals surface area contributed by atoms with Gasteiger partial charge < -0.3 is 20.5 Å². The number of ether oxygens (including phenoxy) is 1. The molecule has 0 spiro atoms. The second-order valence-corrected chi connectivity index (χ2v) is 4.60. The van der Waals surface area contributed by atoms with Crippen LogP contribution in [-0.2, 0) is 9.53 Å². The number of hydrogen-bond donors (Lipinski definition) is 2. The number of nitrogens with two attached hydrogens (primary N) is 1. The van der Waals surface area contributed by atoms with Crippen LogP contribution in [0.3, 0.4) is 0 Å². The smallest absolute Gasteiger partial charge is 0.326 e. The summed E-state index contributed by atoms with van der Waals surface area (Å²) in [6, 6.07) is 0.948. The molecule has 1 atom stereocenters. The van der Waals surface area contributed by atoms with E-state index in [0.717, 1.165) is 0 Å². The van der Waals surface area contributed by atoms with Gasteiger partial charge in [0.2, 0.25) is 0 Å². The summed E-state index contributed by atoms with van der Waals surface area (Å²) in [6.07, 6.45) is 0.365. The molecule has 3 N–H and O–H groups in total. The number of methoxy groups -OCH3 is 1. The molecule has 0 radical (unpaired) electrons. The molecule has 104 valence electrons. The molecule has 0 aliphatic carbocycles. The lowest BCUT2D eigenvalue weighted by atomic mass is 10.2. The highest BCUT2D eigenvalue weighted by atomic mass is 32.1. The normalized spacial score (nSPS) is 11.8. The van der Waals surface area contributed by atoms with Crippen molar-refractivity contribution in [1.82, 2.24) is 4.98 Å². The summed E-state index contributed by atoms with van der Waals surface area (Å²) in [5, 5.41) is 19.7. The van der Waals surface area contributed by atoms with Crippen LogP contribution < -0.4 is 10.6 Å². The zero-order valence-corrected chi connectivity index (χ0v) is 11.4. The van der Waals surface area contributed by atoms with E-state index >= 15 is 0 Å². The fourth-order valence-electron chi connectivity index (χ4n) is 1.38. The summed E-state index contributed by atoms with van der Waals surface area (Å²) in [4.78, 5) is 16.9. The third-order valence-corrected chi connectivity index (χ3v) is 3.34. The van der Waals surface area contributed by atoms with Crippen LogP contribution in [0.1, 0.15) is 18.2 Å². The Morgan fingerprint density at radius 3 is 3.05 bits per heavy atom. The van der Waals surface area contributed by atoms with Crippen molar-refractivity contribution in [2.75, 3.05) is 31.7 Å². The van der Waals surface area contributed by atoms with Crippen LogP contribution in [0.4, 0.5) is 5.13 Å². The molecule has 7 nitrogen and oxygen atoms in total. The molecule has 0 fully saturated rings. The lowest BCUT2D eigenvalue weighted by Gasteiger charge is -2.19. The monoisotopic (exact) mass is 284 g/mol. The van der Waals surface area contributed by atoms with Gasteiger partial charge in [-0.2, -0.15) is 5.26 Å². The highest BCUT2D eigenvalue weighted by molar-refractivity contribution is 7.13. The van der Waals surface area contributed by atoms with E-state index in [1.54, 1.807) is 12.5 Å². The molecule has 1 aromatic heterocycles. The topological polar surface area (TPSA) is 112 Å². The number of thiazole rings is 1. The minimum atomic E-state index is -1.12. The van der Waals surface area contributed by atoms with E-state index in [9.17, 15) is 4.79 Å². The van der Waals surface area contributed by atoms with Gasteiger partial charge in [0.1, 0.15) is 6.04 Å². The highest BCUT2D eigenvalue weighted by Crippen LogP contribution is 2.23. The van der Waals surface area contributed by atoms with Crippen molar-refractivity contribution in [3.05, 3.63) is 11.1 Å². The van der Waals surface area contributed by atoms with E-state index < -0.39 is 12.0 Å². The molecule has 0 aromatic carbocycles. The second kappa shape index (κ2) is 7.68. The lowest BCUT2D eigenvalue weighted by molar-refractivity contribution is -0.138. The van der Waals surface area contributed by atoms with E-state index in [0.29, 0.717) is 36.9 Å². The fourth-order valence-corrected chi connectivity index (χ4v) is 2.30. The molecule has 1 unspecified atom stereocenters. The van der Waals surface area contributed by atoms with Crippen molar-refractivity contribution in [2.24, 2.45) is 5.73 Å². The summed E-state index contributed by atoms with van der Waals surface area (Å²) in [5.74, 6) is -1.11. The number of nitrogens with zero attached hydrogens (tertiary/aromatic N) is 3. The quantitative estimate of drug-likeness (QED) is 0.718. The molecular formula is C11H16N4O3S. The molecule has 0 saturated heterocycles. The van der Waals surface area contributed by atoms with Crippen LogP contribution in [-0.4, -0.2) is 42.9 Å². The van der Waals surface area contributed by atoms with Gasteiger partial charge in [-0.3, -0.25) is 4.79 Å². The van der Waals surface area contributed by atoms with Gasteiger partial charge in [-0.1, -0.05) is 0 Å². The van der Waals surface area contributed by atoms with Crippen molar-refractivity contribution in [2.45, 2.75) is 12.5 Å². The Kier molecular flexibility index (Phi) is 6.21. The van der Waals surface area contributed by atoms with Gasteiger partial charge in [0.05, 0.1) is 24.8 Å². The molecule has 0 amide bonds. The first kappa shape index (κ1) is 15.4. The largest absolute Gasteiger partial charge is 0.480 e. The number of anilines is 1. The van der Waals surface area contributed by atoms with Crippen molar-refractivity contribution in [1.29, 1.82) is 5.26 Å². The molecule has 1 aromatic rings. The summed E-state index contributed by atoms with van der Waals surface area (Å²) in [5.41, 5.74) is 5.83. The Morgan fingerprint density at radius 2 is 2.47 bits per heavy atom. The van der Waals surface area contributed by atoms with E-state index in [4.69, 9.17) is 20.8 Å². The van der Waals surface area contributed by atoms with Crippen LogP contribution >= 0.6 is 11.3 Å². The van der Waals surface area contributed by atoms with Crippen LogP contribution in [0.15, 0.2) is 5.38 Å².